The van der Waals surface area contributed by atoms with Crippen LogP contribution in [0.3, 0.4) is 0 Å². The maximum absolute atomic E-state index is 12.3. The zero-order chi connectivity index (χ0) is 15.4. The second kappa shape index (κ2) is 6.39. The number of urea groups is 1. The lowest BCUT2D eigenvalue weighted by atomic mass is 9.74. The second-order valence-corrected chi connectivity index (χ2v) is 6.48. The minimum Gasteiger partial charge on any atom is -0.335 e. The highest BCUT2D eigenvalue weighted by atomic mass is 16.2. The Kier molecular flexibility index (Phi) is 4.33. The Morgan fingerprint density at radius 1 is 1.18 bits per heavy atom. The Hall–Kier alpha value is -2.02. The molecule has 1 N–H and O–H groups in total. The maximum Gasteiger partial charge on any atom is 0.317 e. The highest BCUT2D eigenvalue weighted by Gasteiger charge is 2.37. The molecule has 0 radical (unpaired) electrons. The van der Waals surface area contributed by atoms with Gasteiger partial charge in [0.2, 0.25) is 0 Å². The van der Waals surface area contributed by atoms with Gasteiger partial charge in [-0.1, -0.05) is 43.2 Å². The summed E-state index contributed by atoms with van der Waals surface area (Å²) in [6.07, 6.45) is 6.07. The lowest BCUT2D eigenvalue weighted by Crippen LogP contribution is -2.50. The van der Waals surface area contributed by atoms with Crippen LogP contribution in [0.15, 0.2) is 30.3 Å². The number of nitrogens with one attached hydrogen (secondary N) is 1. The first-order valence-corrected chi connectivity index (χ1v) is 8.26. The van der Waals surface area contributed by atoms with Gasteiger partial charge < -0.3 is 10.2 Å². The van der Waals surface area contributed by atoms with Gasteiger partial charge in [-0.3, -0.25) is 0 Å². The van der Waals surface area contributed by atoms with E-state index in [1.807, 2.05) is 35.2 Å². The lowest BCUT2D eigenvalue weighted by molar-refractivity contribution is 0.168. The van der Waals surface area contributed by atoms with Crippen LogP contribution in [0.25, 0.3) is 0 Å². The summed E-state index contributed by atoms with van der Waals surface area (Å²) in [5, 5.41) is 12.8. The standard InChI is InChI=1S/C18H23N3O/c19-14-18(15-6-2-1-3-7-15)10-12-21(13-11-18)17(22)20-16-8-4-5-9-16/h1-3,6-7,16H,4-5,8-13H2,(H,20,22). The maximum atomic E-state index is 12.3. The van der Waals surface area contributed by atoms with Gasteiger partial charge in [0, 0.05) is 19.1 Å². The molecule has 2 aliphatic rings. The van der Waals surface area contributed by atoms with Crippen LogP contribution in [0.2, 0.25) is 0 Å². The van der Waals surface area contributed by atoms with Gasteiger partial charge in [0.05, 0.1) is 11.5 Å². The Balaban J connectivity index is 1.61. The topological polar surface area (TPSA) is 56.1 Å². The SMILES string of the molecule is N#CC1(c2ccccc2)CCN(C(=O)NC2CCCC2)CC1. The molecular formula is C18H23N3O. The van der Waals surface area contributed by atoms with E-state index in [0.29, 0.717) is 32.0 Å². The van der Waals surface area contributed by atoms with E-state index in [0.717, 1.165) is 18.4 Å². The first-order chi connectivity index (χ1) is 10.7. The molecule has 4 nitrogen and oxygen atoms in total. The number of hydrogen-bond donors (Lipinski definition) is 1. The zero-order valence-electron chi connectivity index (χ0n) is 12.9. The van der Waals surface area contributed by atoms with E-state index in [9.17, 15) is 10.1 Å². The van der Waals surface area contributed by atoms with Crippen LogP contribution < -0.4 is 5.32 Å². The van der Waals surface area contributed by atoms with Crippen molar-refractivity contribution in [1.29, 1.82) is 5.26 Å². The van der Waals surface area contributed by atoms with Gasteiger partial charge in [-0.2, -0.15) is 5.26 Å². The Labute approximate surface area is 132 Å². The van der Waals surface area contributed by atoms with E-state index >= 15 is 0 Å². The van der Waals surface area contributed by atoms with Crippen molar-refractivity contribution in [2.45, 2.75) is 50.0 Å². The van der Waals surface area contributed by atoms with Crippen molar-refractivity contribution < 1.29 is 4.79 Å². The Morgan fingerprint density at radius 2 is 1.82 bits per heavy atom. The number of amides is 2. The summed E-state index contributed by atoms with van der Waals surface area (Å²) in [4.78, 5) is 14.2. The molecular weight excluding hydrogens is 274 g/mol. The largest absolute Gasteiger partial charge is 0.335 e. The molecule has 0 bridgehead atoms. The number of hydrogen-bond acceptors (Lipinski definition) is 2. The van der Waals surface area contributed by atoms with Gasteiger partial charge in [0.25, 0.3) is 0 Å². The summed E-state index contributed by atoms with van der Waals surface area (Å²) >= 11 is 0. The van der Waals surface area contributed by atoms with E-state index in [-0.39, 0.29) is 6.03 Å². The molecule has 0 spiro atoms. The van der Waals surface area contributed by atoms with Gasteiger partial charge in [-0.05, 0) is 31.2 Å². The number of likely N-dealkylation sites (tertiary alicyclic amines) is 1. The van der Waals surface area contributed by atoms with Crippen LogP contribution in [0, 0.1) is 11.3 Å². The monoisotopic (exact) mass is 297 g/mol. The van der Waals surface area contributed by atoms with E-state index in [2.05, 4.69) is 11.4 Å². The van der Waals surface area contributed by atoms with Crippen molar-refractivity contribution >= 4 is 6.03 Å². The predicted octanol–water partition coefficient (Wildman–Crippen LogP) is 3.20. The fourth-order valence-electron chi connectivity index (χ4n) is 3.65. The minimum absolute atomic E-state index is 0.0477. The number of nitrogens with zero attached hydrogens (tertiary/aromatic N) is 2. The van der Waals surface area contributed by atoms with E-state index < -0.39 is 5.41 Å². The molecule has 0 aromatic heterocycles. The van der Waals surface area contributed by atoms with Crippen molar-refractivity contribution in [1.82, 2.24) is 10.2 Å². The van der Waals surface area contributed by atoms with Gasteiger partial charge in [-0.15, -0.1) is 0 Å². The molecule has 4 heteroatoms. The average molecular weight is 297 g/mol. The molecule has 2 amide bonds. The molecule has 1 saturated carbocycles. The third-order valence-corrected chi connectivity index (χ3v) is 5.13. The molecule has 1 aliphatic heterocycles. The highest BCUT2D eigenvalue weighted by Crippen LogP contribution is 2.34. The van der Waals surface area contributed by atoms with Crippen molar-refractivity contribution in [3.8, 4) is 6.07 Å². The van der Waals surface area contributed by atoms with Crippen LogP contribution in [0.5, 0.6) is 0 Å². The number of piperidine rings is 1. The van der Waals surface area contributed by atoms with E-state index in [4.69, 9.17) is 0 Å². The van der Waals surface area contributed by atoms with Gasteiger partial charge in [-0.25, -0.2) is 4.79 Å². The van der Waals surface area contributed by atoms with Gasteiger partial charge in [0.15, 0.2) is 0 Å². The fourth-order valence-corrected chi connectivity index (χ4v) is 3.65. The van der Waals surface area contributed by atoms with Crippen molar-refractivity contribution in [3.63, 3.8) is 0 Å². The van der Waals surface area contributed by atoms with Crippen LogP contribution in [0.4, 0.5) is 4.79 Å². The summed E-state index contributed by atoms with van der Waals surface area (Å²) in [5.74, 6) is 0. The highest BCUT2D eigenvalue weighted by molar-refractivity contribution is 5.74. The van der Waals surface area contributed by atoms with E-state index in [1.165, 1.54) is 12.8 Å². The van der Waals surface area contributed by atoms with Crippen LogP contribution in [0.1, 0.15) is 44.1 Å². The molecule has 1 aromatic carbocycles. The number of rotatable bonds is 2. The molecule has 0 unspecified atom stereocenters. The average Bonchev–Trinajstić information content (AvgIpc) is 3.08. The minimum atomic E-state index is -0.439. The normalized spacial score (nSPS) is 21.3. The molecule has 1 aliphatic carbocycles. The molecule has 3 rings (SSSR count). The summed E-state index contributed by atoms with van der Waals surface area (Å²) < 4.78 is 0. The first-order valence-electron chi connectivity index (χ1n) is 8.26. The molecule has 22 heavy (non-hydrogen) atoms. The number of carbonyl (C=O) groups excluding carboxylic acids is 1. The Bertz CT molecular complexity index is 549. The summed E-state index contributed by atoms with van der Waals surface area (Å²) in [7, 11) is 0. The smallest absolute Gasteiger partial charge is 0.317 e. The van der Waals surface area contributed by atoms with Gasteiger partial charge in [0.1, 0.15) is 0 Å². The third kappa shape index (κ3) is 2.94. The molecule has 0 atom stereocenters. The van der Waals surface area contributed by atoms with Crippen LogP contribution in [-0.2, 0) is 5.41 Å². The quantitative estimate of drug-likeness (QED) is 0.911. The first kappa shape index (κ1) is 14.9. The zero-order valence-corrected chi connectivity index (χ0v) is 12.9. The molecule has 1 saturated heterocycles. The summed E-state index contributed by atoms with van der Waals surface area (Å²) in [5.41, 5.74) is 0.638. The molecule has 1 heterocycles. The Morgan fingerprint density at radius 3 is 2.41 bits per heavy atom. The molecule has 2 fully saturated rings. The van der Waals surface area contributed by atoms with Crippen LogP contribution >= 0.6 is 0 Å². The predicted molar refractivity (Wildman–Crippen MR) is 85.3 cm³/mol. The number of nitriles is 1. The summed E-state index contributed by atoms with van der Waals surface area (Å²) in [6.45, 7) is 1.31. The van der Waals surface area contributed by atoms with Crippen molar-refractivity contribution in [2.75, 3.05) is 13.1 Å². The van der Waals surface area contributed by atoms with Crippen LogP contribution in [-0.4, -0.2) is 30.1 Å². The van der Waals surface area contributed by atoms with Crippen molar-refractivity contribution in [2.24, 2.45) is 0 Å². The van der Waals surface area contributed by atoms with E-state index in [1.54, 1.807) is 0 Å². The number of carbonyl (C=O) groups is 1. The second-order valence-electron chi connectivity index (χ2n) is 6.48. The summed E-state index contributed by atoms with van der Waals surface area (Å²) in [6, 6.07) is 12.9. The lowest BCUT2D eigenvalue weighted by Gasteiger charge is -2.38. The van der Waals surface area contributed by atoms with Crippen molar-refractivity contribution in [3.05, 3.63) is 35.9 Å². The van der Waals surface area contributed by atoms with Gasteiger partial charge >= 0.3 is 6.03 Å². The fraction of sp³-hybridized carbons (Fsp3) is 0.556. The molecule has 1 aromatic rings. The molecule has 116 valence electrons. The number of benzene rings is 1. The third-order valence-electron chi connectivity index (χ3n) is 5.13.